The van der Waals surface area contributed by atoms with E-state index in [4.69, 9.17) is 4.74 Å². The van der Waals surface area contributed by atoms with Gasteiger partial charge in [0.1, 0.15) is 6.10 Å². The van der Waals surface area contributed by atoms with Gasteiger partial charge in [-0.25, -0.2) is 0 Å². The zero-order valence-electron chi connectivity index (χ0n) is 21.7. The molecule has 0 aliphatic heterocycles. The van der Waals surface area contributed by atoms with E-state index in [9.17, 15) is 14.7 Å². The van der Waals surface area contributed by atoms with E-state index in [1.54, 1.807) is 6.08 Å². The summed E-state index contributed by atoms with van der Waals surface area (Å²) in [4.78, 5) is 23.7. The van der Waals surface area contributed by atoms with Gasteiger partial charge in [0.25, 0.3) is 0 Å². The molecule has 0 bridgehead atoms. The molecule has 4 nitrogen and oxygen atoms in total. The van der Waals surface area contributed by atoms with E-state index < -0.39 is 11.9 Å². The molecule has 1 saturated carbocycles. The number of carbonyl (C=O) groups excluding carboxylic acids is 1. The minimum Gasteiger partial charge on any atom is -0.481 e. The van der Waals surface area contributed by atoms with Crippen LogP contribution in [0.15, 0.2) is 12.2 Å². The van der Waals surface area contributed by atoms with Crippen molar-refractivity contribution in [3.63, 3.8) is 0 Å². The number of rotatable bonds is 20. The zero-order valence-corrected chi connectivity index (χ0v) is 21.7. The summed E-state index contributed by atoms with van der Waals surface area (Å²) in [6.45, 7) is 4.45. The fourth-order valence-corrected chi connectivity index (χ4v) is 4.85. The predicted octanol–water partition coefficient (Wildman–Crippen LogP) is 8.63. The summed E-state index contributed by atoms with van der Waals surface area (Å²) in [6, 6.07) is 0. The monoisotopic (exact) mass is 464 g/mol. The van der Waals surface area contributed by atoms with Crippen LogP contribution in [0.5, 0.6) is 0 Å². The van der Waals surface area contributed by atoms with Gasteiger partial charge in [-0.05, 0) is 38.0 Å². The second-order valence-electron chi connectivity index (χ2n) is 10.3. The topological polar surface area (TPSA) is 63.6 Å². The number of unbranched alkanes of at least 4 members (excludes halogenated alkanes) is 14. The van der Waals surface area contributed by atoms with Crippen LogP contribution >= 0.6 is 0 Å². The van der Waals surface area contributed by atoms with Crippen molar-refractivity contribution in [3.05, 3.63) is 12.2 Å². The van der Waals surface area contributed by atoms with Crippen molar-refractivity contribution in [2.75, 3.05) is 0 Å². The number of ether oxygens (including phenoxy) is 1. The molecule has 0 aromatic rings. The molecular formula is C29H52O4. The molecule has 4 heteroatoms. The molecular weight excluding hydrogens is 412 g/mol. The van der Waals surface area contributed by atoms with Gasteiger partial charge in [-0.15, -0.1) is 0 Å². The summed E-state index contributed by atoms with van der Waals surface area (Å²) in [5.74, 6) is -1.51. The fourth-order valence-electron chi connectivity index (χ4n) is 4.85. The summed E-state index contributed by atoms with van der Waals surface area (Å²) in [5.41, 5.74) is 0. The van der Waals surface area contributed by atoms with E-state index in [-0.39, 0.29) is 18.5 Å². The number of hydrogen-bond donors (Lipinski definition) is 1. The molecule has 0 heterocycles. The SMILES string of the molecule is CCCCCCCCCCCCCCCCC=CC(CC(=O)OC1CCCC(C)C1)C(=O)O. The first kappa shape index (κ1) is 29.7. The molecule has 1 fully saturated rings. The Hall–Kier alpha value is -1.32. The number of carboxylic acids is 1. The minimum absolute atomic E-state index is 0.0322. The van der Waals surface area contributed by atoms with Gasteiger partial charge in [-0.3, -0.25) is 9.59 Å². The summed E-state index contributed by atoms with van der Waals surface area (Å²) in [5, 5.41) is 9.44. The largest absolute Gasteiger partial charge is 0.481 e. The van der Waals surface area contributed by atoms with Crippen LogP contribution in [0.4, 0.5) is 0 Å². The highest BCUT2D eigenvalue weighted by Gasteiger charge is 2.25. The Kier molecular flexibility index (Phi) is 18.1. The Bertz CT molecular complexity index is 528. The lowest BCUT2D eigenvalue weighted by Gasteiger charge is -2.26. The highest BCUT2D eigenvalue weighted by Crippen LogP contribution is 2.26. The Morgan fingerprint density at radius 2 is 1.42 bits per heavy atom. The van der Waals surface area contributed by atoms with Crippen LogP contribution in [0.25, 0.3) is 0 Å². The lowest BCUT2D eigenvalue weighted by atomic mass is 9.88. The van der Waals surface area contributed by atoms with Crippen molar-refractivity contribution in [3.8, 4) is 0 Å². The van der Waals surface area contributed by atoms with Crippen molar-refractivity contribution >= 4 is 11.9 Å². The molecule has 1 N–H and O–H groups in total. The van der Waals surface area contributed by atoms with Crippen LogP contribution in [0, 0.1) is 11.8 Å². The summed E-state index contributed by atoms with van der Waals surface area (Å²) in [7, 11) is 0. The van der Waals surface area contributed by atoms with E-state index in [0.717, 1.165) is 32.1 Å². The molecule has 0 saturated heterocycles. The second kappa shape index (κ2) is 20.1. The molecule has 0 aromatic heterocycles. The lowest BCUT2D eigenvalue weighted by molar-refractivity contribution is -0.155. The maximum absolute atomic E-state index is 12.2. The van der Waals surface area contributed by atoms with Gasteiger partial charge in [-0.1, -0.05) is 116 Å². The Labute approximate surface area is 203 Å². The fraction of sp³-hybridized carbons (Fsp3) is 0.862. The molecule has 0 aromatic carbocycles. The number of aliphatic carboxylic acids is 1. The molecule has 1 aliphatic rings. The first-order chi connectivity index (χ1) is 16.0. The summed E-state index contributed by atoms with van der Waals surface area (Å²) >= 11 is 0. The number of carbonyl (C=O) groups is 2. The molecule has 192 valence electrons. The van der Waals surface area contributed by atoms with Crippen LogP contribution in [-0.2, 0) is 14.3 Å². The minimum atomic E-state index is -0.943. The maximum atomic E-state index is 12.2. The number of allylic oxidation sites excluding steroid dienone is 1. The molecule has 3 atom stereocenters. The summed E-state index contributed by atoms with van der Waals surface area (Å²) < 4.78 is 5.54. The third kappa shape index (κ3) is 16.9. The van der Waals surface area contributed by atoms with E-state index in [1.165, 1.54) is 89.9 Å². The quantitative estimate of drug-likeness (QED) is 0.111. The number of esters is 1. The van der Waals surface area contributed by atoms with Gasteiger partial charge in [0, 0.05) is 0 Å². The van der Waals surface area contributed by atoms with Gasteiger partial charge in [0.2, 0.25) is 0 Å². The van der Waals surface area contributed by atoms with Gasteiger partial charge < -0.3 is 9.84 Å². The van der Waals surface area contributed by atoms with Crippen molar-refractivity contribution in [1.82, 2.24) is 0 Å². The zero-order chi connectivity index (χ0) is 24.2. The molecule has 1 aliphatic carbocycles. The second-order valence-corrected chi connectivity index (χ2v) is 10.3. The summed E-state index contributed by atoms with van der Waals surface area (Å²) in [6.07, 6.45) is 27.2. The number of hydrogen-bond acceptors (Lipinski definition) is 3. The van der Waals surface area contributed by atoms with Crippen LogP contribution in [0.2, 0.25) is 0 Å². The normalized spacial score (nSPS) is 19.6. The van der Waals surface area contributed by atoms with E-state index in [2.05, 4.69) is 13.8 Å². The predicted molar refractivity (Wildman–Crippen MR) is 137 cm³/mol. The van der Waals surface area contributed by atoms with Gasteiger partial charge in [0.05, 0.1) is 12.3 Å². The van der Waals surface area contributed by atoms with Crippen molar-refractivity contribution in [1.29, 1.82) is 0 Å². The number of carboxylic acid groups (broad SMARTS) is 1. The molecule has 0 radical (unpaired) electrons. The molecule has 0 spiro atoms. The average molecular weight is 465 g/mol. The Morgan fingerprint density at radius 3 is 1.94 bits per heavy atom. The van der Waals surface area contributed by atoms with Gasteiger partial charge in [-0.2, -0.15) is 0 Å². The Balaban J connectivity index is 2.01. The molecule has 1 rings (SSSR count). The van der Waals surface area contributed by atoms with Crippen molar-refractivity contribution in [2.45, 2.75) is 148 Å². The lowest BCUT2D eigenvalue weighted by Crippen LogP contribution is -2.26. The standard InChI is InChI=1S/C29H52O4/c1-3-4-5-6-7-8-9-10-11-12-13-14-15-16-17-18-21-26(29(31)32)24-28(30)33-27-22-19-20-25(2)23-27/h18,21,25-27H,3-17,19-20,22-24H2,1-2H3,(H,31,32). The maximum Gasteiger partial charge on any atom is 0.310 e. The van der Waals surface area contributed by atoms with Crippen molar-refractivity contribution < 1.29 is 19.4 Å². The first-order valence-electron chi connectivity index (χ1n) is 14.1. The Morgan fingerprint density at radius 1 is 0.879 bits per heavy atom. The van der Waals surface area contributed by atoms with Crippen LogP contribution < -0.4 is 0 Å². The van der Waals surface area contributed by atoms with E-state index >= 15 is 0 Å². The molecule has 3 unspecified atom stereocenters. The molecule has 33 heavy (non-hydrogen) atoms. The average Bonchev–Trinajstić information content (AvgIpc) is 2.77. The van der Waals surface area contributed by atoms with Gasteiger partial charge in [0.15, 0.2) is 0 Å². The third-order valence-electron chi connectivity index (χ3n) is 6.98. The van der Waals surface area contributed by atoms with E-state index in [0.29, 0.717) is 5.92 Å². The third-order valence-corrected chi connectivity index (χ3v) is 6.98. The van der Waals surface area contributed by atoms with Crippen molar-refractivity contribution in [2.24, 2.45) is 11.8 Å². The highest BCUT2D eigenvalue weighted by molar-refractivity contribution is 5.80. The van der Waals surface area contributed by atoms with Gasteiger partial charge >= 0.3 is 11.9 Å². The smallest absolute Gasteiger partial charge is 0.310 e. The highest BCUT2D eigenvalue weighted by atomic mass is 16.5. The first-order valence-corrected chi connectivity index (χ1v) is 14.1. The molecule has 0 amide bonds. The van der Waals surface area contributed by atoms with Crippen LogP contribution in [0.3, 0.4) is 0 Å². The van der Waals surface area contributed by atoms with Crippen LogP contribution in [0.1, 0.15) is 142 Å². The van der Waals surface area contributed by atoms with E-state index in [1.807, 2.05) is 6.08 Å². The van der Waals surface area contributed by atoms with Crippen LogP contribution in [-0.4, -0.2) is 23.1 Å².